The minimum absolute atomic E-state index is 0.217. The van der Waals surface area contributed by atoms with Crippen molar-refractivity contribution in [1.82, 2.24) is 4.90 Å². The van der Waals surface area contributed by atoms with Gasteiger partial charge in [-0.2, -0.15) is 0 Å². The minimum Gasteiger partial charge on any atom is -0.395 e. The summed E-state index contributed by atoms with van der Waals surface area (Å²) in [5.41, 5.74) is 7.88. The van der Waals surface area contributed by atoms with E-state index in [0.29, 0.717) is 4.99 Å². The number of halogens is 1. The minimum atomic E-state index is 0.217. The van der Waals surface area contributed by atoms with Gasteiger partial charge in [0.1, 0.15) is 4.99 Å². The van der Waals surface area contributed by atoms with Crippen LogP contribution in [0.15, 0.2) is 22.7 Å². The Morgan fingerprint density at radius 2 is 2.10 bits per heavy atom. The first-order chi connectivity index (χ1) is 9.63. The molecule has 0 bridgehead atoms. The second-order valence-corrected chi connectivity index (χ2v) is 6.20. The van der Waals surface area contributed by atoms with Crippen LogP contribution in [0.25, 0.3) is 0 Å². The molecule has 2 rings (SSSR count). The lowest BCUT2D eigenvalue weighted by Crippen LogP contribution is -2.33. The number of anilines is 1. The third-order valence-electron chi connectivity index (χ3n) is 3.58. The smallest absolute Gasteiger partial charge is 0.107 e. The van der Waals surface area contributed by atoms with Crippen molar-refractivity contribution in [2.24, 2.45) is 5.73 Å². The van der Waals surface area contributed by atoms with Crippen LogP contribution in [0.3, 0.4) is 0 Å². The van der Waals surface area contributed by atoms with Gasteiger partial charge in [-0.25, -0.2) is 0 Å². The van der Waals surface area contributed by atoms with Crippen molar-refractivity contribution < 1.29 is 5.11 Å². The summed E-state index contributed by atoms with van der Waals surface area (Å²) in [5.74, 6) is 0. The zero-order valence-electron chi connectivity index (χ0n) is 11.4. The van der Waals surface area contributed by atoms with Crippen molar-refractivity contribution >= 4 is 38.8 Å². The fourth-order valence-corrected chi connectivity index (χ4v) is 3.51. The molecule has 0 amide bonds. The maximum absolute atomic E-state index is 9.05. The lowest BCUT2D eigenvalue weighted by molar-refractivity contribution is 0.204. The van der Waals surface area contributed by atoms with Crippen LogP contribution in [0.1, 0.15) is 12.0 Å². The number of β-amino-alcohol motifs (C(OH)–C–C–N with tert-alkyl or cyclic N) is 1. The molecule has 1 fully saturated rings. The van der Waals surface area contributed by atoms with Gasteiger partial charge in [-0.05, 0) is 41.0 Å². The number of nitrogens with zero attached hydrogens (tertiary/aromatic N) is 2. The summed E-state index contributed by atoms with van der Waals surface area (Å²) in [4.78, 5) is 5.04. The molecule has 0 aromatic heterocycles. The Bertz CT molecular complexity index is 483. The molecule has 6 heteroatoms. The van der Waals surface area contributed by atoms with Crippen molar-refractivity contribution in [3.8, 4) is 0 Å². The van der Waals surface area contributed by atoms with Crippen LogP contribution in [-0.2, 0) is 0 Å². The molecule has 0 unspecified atom stereocenters. The number of aliphatic hydroxyl groups excluding tert-OH is 1. The largest absolute Gasteiger partial charge is 0.395 e. The van der Waals surface area contributed by atoms with Crippen LogP contribution in [0.4, 0.5) is 5.69 Å². The van der Waals surface area contributed by atoms with E-state index in [1.165, 1.54) is 0 Å². The number of hydrogen-bond acceptors (Lipinski definition) is 4. The molecular formula is C14H20BrN3OS. The molecule has 0 saturated carbocycles. The van der Waals surface area contributed by atoms with Gasteiger partial charge in [0, 0.05) is 41.9 Å². The first kappa shape index (κ1) is 15.7. The number of nitrogens with two attached hydrogens (primary N) is 1. The first-order valence-corrected chi connectivity index (χ1v) is 8.00. The highest BCUT2D eigenvalue weighted by atomic mass is 79.9. The van der Waals surface area contributed by atoms with Gasteiger partial charge >= 0.3 is 0 Å². The number of rotatable bonds is 4. The van der Waals surface area contributed by atoms with E-state index in [1.807, 2.05) is 12.1 Å². The van der Waals surface area contributed by atoms with Crippen LogP contribution in [-0.4, -0.2) is 54.3 Å². The first-order valence-electron chi connectivity index (χ1n) is 6.80. The molecule has 0 radical (unpaired) electrons. The summed E-state index contributed by atoms with van der Waals surface area (Å²) in [6.45, 7) is 4.83. The number of hydrogen-bond donors (Lipinski definition) is 2. The highest BCUT2D eigenvalue weighted by molar-refractivity contribution is 9.10. The third kappa shape index (κ3) is 3.69. The normalized spacial score (nSPS) is 17.0. The SMILES string of the molecule is NC(=S)c1c(Br)cccc1N1CCCN(CCO)CC1. The Morgan fingerprint density at radius 3 is 2.80 bits per heavy atom. The highest BCUT2D eigenvalue weighted by Crippen LogP contribution is 2.28. The molecule has 110 valence electrons. The van der Waals surface area contributed by atoms with E-state index in [4.69, 9.17) is 23.1 Å². The Kier molecular flexibility index (Phi) is 5.77. The average Bonchev–Trinajstić information content (AvgIpc) is 2.64. The number of aliphatic hydroxyl groups is 1. The second kappa shape index (κ2) is 7.36. The highest BCUT2D eigenvalue weighted by Gasteiger charge is 2.19. The Morgan fingerprint density at radius 1 is 1.30 bits per heavy atom. The molecule has 4 nitrogen and oxygen atoms in total. The van der Waals surface area contributed by atoms with Crippen molar-refractivity contribution in [3.05, 3.63) is 28.2 Å². The molecule has 1 heterocycles. The topological polar surface area (TPSA) is 52.7 Å². The van der Waals surface area contributed by atoms with E-state index in [1.54, 1.807) is 0 Å². The van der Waals surface area contributed by atoms with Gasteiger partial charge in [0.15, 0.2) is 0 Å². The van der Waals surface area contributed by atoms with E-state index >= 15 is 0 Å². The maximum atomic E-state index is 9.05. The summed E-state index contributed by atoms with van der Waals surface area (Å²) in [7, 11) is 0. The molecule has 1 aromatic carbocycles. The maximum Gasteiger partial charge on any atom is 0.107 e. The van der Waals surface area contributed by atoms with Crippen LogP contribution in [0.2, 0.25) is 0 Å². The lowest BCUT2D eigenvalue weighted by atomic mass is 10.1. The van der Waals surface area contributed by atoms with Crippen molar-refractivity contribution in [2.75, 3.05) is 44.2 Å². The third-order valence-corrected chi connectivity index (χ3v) is 4.45. The van der Waals surface area contributed by atoms with Crippen LogP contribution in [0.5, 0.6) is 0 Å². The van der Waals surface area contributed by atoms with E-state index in [-0.39, 0.29) is 6.61 Å². The molecule has 0 aliphatic carbocycles. The molecule has 1 aliphatic rings. The summed E-state index contributed by atoms with van der Waals surface area (Å²) in [6, 6.07) is 6.05. The van der Waals surface area contributed by atoms with E-state index in [9.17, 15) is 0 Å². The summed E-state index contributed by atoms with van der Waals surface area (Å²) >= 11 is 8.72. The Hall–Kier alpha value is -0.690. The van der Waals surface area contributed by atoms with Crippen LogP contribution in [0, 0.1) is 0 Å². The van der Waals surface area contributed by atoms with E-state index < -0.39 is 0 Å². The van der Waals surface area contributed by atoms with Crippen molar-refractivity contribution in [2.45, 2.75) is 6.42 Å². The van der Waals surface area contributed by atoms with Gasteiger partial charge in [0.05, 0.1) is 6.61 Å². The van der Waals surface area contributed by atoms with E-state index in [2.05, 4.69) is 31.8 Å². The van der Waals surface area contributed by atoms with Gasteiger partial charge < -0.3 is 15.7 Å². The molecule has 1 aliphatic heterocycles. The molecule has 1 aromatic rings. The predicted octanol–water partition coefficient (Wildman–Crippen LogP) is 1.59. The molecule has 1 saturated heterocycles. The quantitative estimate of drug-likeness (QED) is 0.801. The lowest BCUT2D eigenvalue weighted by Gasteiger charge is -2.26. The number of benzene rings is 1. The van der Waals surface area contributed by atoms with Gasteiger partial charge in [0.2, 0.25) is 0 Å². The fraction of sp³-hybridized carbons (Fsp3) is 0.500. The van der Waals surface area contributed by atoms with Gasteiger partial charge in [0.25, 0.3) is 0 Å². The molecule has 0 spiro atoms. The molecule has 0 atom stereocenters. The van der Waals surface area contributed by atoms with Gasteiger partial charge in [-0.15, -0.1) is 0 Å². The van der Waals surface area contributed by atoms with Crippen molar-refractivity contribution in [3.63, 3.8) is 0 Å². The fourth-order valence-electron chi connectivity index (χ4n) is 2.60. The summed E-state index contributed by atoms with van der Waals surface area (Å²) in [6.07, 6.45) is 1.07. The molecule has 3 N–H and O–H groups in total. The average molecular weight is 358 g/mol. The second-order valence-electron chi connectivity index (χ2n) is 4.90. The van der Waals surface area contributed by atoms with Crippen LogP contribution < -0.4 is 10.6 Å². The monoisotopic (exact) mass is 357 g/mol. The Balaban J connectivity index is 2.20. The standard InChI is InChI=1S/C14H20BrN3OS/c15-11-3-1-4-12(13(11)14(16)20)18-6-2-5-17(7-8-18)9-10-19/h1,3-4,19H,2,5-10H2,(H2,16,20). The van der Waals surface area contributed by atoms with E-state index in [0.717, 1.165) is 54.9 Å². The summed E-state index contributed by atoms with van der Waals surface area (Å²) in [5, 5.41) is 9.05. The zero-order chi connectivity index (χ0) is 14.5. The van der Waals surface area contributed by atoms with Crippen molar-refractivity contribution in [1.29, 1.82) is 0 Å². The number of thiocarbonyl (C=S) groups is 1. The Labute approximate surface area is 133 Å². The van der Waals surface area contributed by atoms with Gasteiger partial charge in [-0.1, -0.05) is 18.3 Å². The summed E-state index contributed by atoms with van der Waals surface area (Å²) < 4.78 is 0.943. The molecular weight excluding hydrogens is 338 g/mol. The predicted molar refractivity (Wildman–Crippen MR) is 90.4 cm³/mol. The molecule has 20 heavy (non-hydrogen) atoms. The zero-order valence-corrected chi connectivity index (χ0v) is 13.8. The van der Waals surface area contributed by atoms with Gasteiger partial charge in [-0.3, -0.25) is 4.90 Å². The van der Waals surface area contributed by atoms with Crippen LogP contribution >= 0.6 is 28.1 Å².